The van der Waals surface area contributed by atoms with E-state index in [2.05, 4.69) is 10.4 Å². The number of rotatable bonds is 5. The van der Waals surface area contributed by atoms with E-state index in [1.165, 1.54) is 16.0 Å². The third-order valence-corrected chi connectivity index (χ3v) is 4.12. The minimum absolute atomic E-state index is 0.174. The predicted molar refractivity (Wildman–Crippen MR) is 85.6 cm³/mol. The normalized spacial score (nSPS) is 10.1. The number of hydrogen-bond donors (Lipinski definition) is 1. The van der Waals surface area contributed by atoms with E-state index in [1.807, 2.05) is 6.07 Å². The van der Waals surface area contributed by atoms with Gasteiger partial charge in [0.15, 0.2) is 6.61 Å². The average Bonchev–Trinajstić information content (AvgIpc) is 3.08. The molecule has 2 rings (SSSR count). The summed E-state index contributed by atoms with van der Waals surface area (Å²) in [5.74, 6) is -2.61. The zero-order valence-corrected chi connectivity index (χ0v) is 14.1. The van der Waals surface area contributed by atoms with Gasteiger partial charge in [0.1, 0.15) is 11.1 Å². The molecule has 0 atom stereocenters. The maximum absolute atomic E-state index is 12.1. The van der Waals surface area contributed by atoms with Crippen LogP contribution in [0.1, 0.15) is 27.3 Å². The molecule has 9 heteroatoms. The summed E-state index contributed by atoms with van der Waals surface area (Å²) in [6, 6.07) is 3.48. The highest BCUT2D eigenvalue weighted by atomic mass is 32.1. The Morgan fingerprint density at radius 1 is 1.42 bits per heavy atom. The molecule has 0 bridgehead atoms. The average molecular weight is 346 g/mol. The van der Waals surface area contributed by atoms with Crippen LogP contribution in [0.15, 0.2) is 11.4 Å². The Balaban J connectivity index is 1.96. The topological polar surface area (TPSA) is 114 Å². The quantitative estimate of drug-likeness (QED) is 0.496. The Morgan fingerprint density at radius 2 is 2.12 bits per heavy atom. The van der Waals surface area contributed by atoms with Crippen molar-refractivity contribution in [1.82, 2.24) is 9.78 Å². The molecule has 0 aromatic carbocycles. The number of nitrogens with one attached hydrogen (secondary N) is 1. The van der Waals surface area contributed by atoms with E-state index in [0.29, 0.717) is 22.0 Å². The molecule has 0 fully saturated rings. The number of esters is 1. The maximum Gasteiger partial charge on any atom is 0.380 e. The number of thiophene rings is 1. The lowest BCUT2D eigenvalue weighted by molar-refractivity contribution is -0.142. The highest BCUT2D eigenvalue weighted by Crippen LogP contribution is 2.21. The fourth-order valence-corrected chi connectivity index (χ4v) is 2.81. The van der Waals surface area contributed by atoms with Crippen LogP contribution in [-0.2, 0) is 21.4 Å². The van der Waals surface area contributed by atoms with Crippen LogP contribution in [-0.4, -0.2) is 34.0 Å². The number of Topliss-reactive ketones (excluding diaryl/α,β-unsaturated/α-hetero) is 1. The largest absolute Gasteiger partial charge is 0.450 e. The van der Waals surface area contributed by atoms with E-state index in [9.17, 15) is 14.4 Å². The van der Waals surface area contributed by atoms with E-state index in [4.69, 9.17) is 10.00 Å². The van der Waals surface area contributed by atoms with E-state index < -0.39 is 24.3 Å². The molecule has 0 saturated heterocycles. The van der Waals surface area contributed by atoms with Crippen LogP contribution in [0.3, 0.4) is 0 Å². The zero-order valence-electron chi connectivity index (χ0n) is 13.2. The molecular formula is C15H14N4O4S. The number of hydrogen-bond acceptors (Lipinski definition) is 7. The van der Waals surface area contributed by atoms with Crippen molar-refractivity contribution in [3.63, 3.8) is 0 Å². The van der Waals surface area contributed by atoms with Gasteiger partial charge in [-0.05, 0) is 25.3 Å². The SMILES string of the molecule is Cc1nn(C)c(C)c1C(=O)C(=O)OCC(=O)Nc1sccc1C#N. The molecule has 2 aromatic heterocycles. The van der Waals surface area contributed by atoms with Gasteiger partial charge in [-0.15, -0.1) is 11.3 Å². The zero-order chi connectivity index (χ0) is 17.9. The molecule has 24 heavy (non-hydrogen) atoms. The second-order valence-electron chi connectivity index (χ2n) is 4.90. The summed E-state index contributed by atoms with van der Waals surface area (Å²) in [6.45, 7) is 2.65. The number of nitriles is 1. The number of aromatic nitrogens is 2. The number of ether oxygens (including phenoxy) is 1. The molecule has 124 valence electrons. The Labute approximate surface area is 141 Å². The summed E-state index contributed by atoms with van der Waals surface area (Å²) in [5.41, 5.74) is 1.44. The first-order valence-corrected chi connectivity index (χ1v) is 7.72. The van der Waals surface area contributed by atoms with Crippen LogP contribution in [0.25, 0.3) is 0 Å². The van der Waals surface area contributed by atoms with Crippen molar-refractivity contribution in [2.75, 3.05) is 11.9 Å². The summed E-state index contributed by atoms with van der Waals surface area (Å²) in [7, 11) is 1.66. The molecular weight excluding hydrogens is 332 g/mol. The molecule has 8 nitrogen and oxygen atoms in total. The van der Waals surface area contributed by atoms with Gasteiger partial charge in [-0.2, -0.15) is 10.4 Å². The third-order valence-electron chi connectivity index (χ3n) is 3.29. The number of ketones is 1. The number of aryl methyl sites for hydroxylation is 2. The van der Waals surface area contributed by atoms with Crippen LogP contribution in [0.4, 0.5) is 5.00 Å². The fourth-order valence-electron chi connectivity index (χ4n) is 2.06. The van der Waals surface area contributed by atoms with Gasteiger partial charge in [-0.3, -0.25) is 14.3 Å². The fraction of sp³-hybridized carbons (Fsp3) is 0.267. The number of carbonyl (C=O) groups excluding carboxylic acids is 3. The van der Waals surface area contributed by atoms with Crippen LogP contribution >= 0.6 is 11.3 Å². The Bertz CT molecular complexity index is 859. The summed E-state index contributed by atoms with van der Waals surface area (Å²) in [5, 5.41) is 17.4. The van der Waals surface area contributed by atoms with Gasteiger partial charge in [-0.25, -0.2) is 4.79 Å². The van der Waals surface area contributed by atoms with Crippen molar-refractivity contribution in [2.24, 2.45) is 7.05 Å². The molecule has 0 aliphatic heterocycles. The lowest BCUT2D eigenvalue weighted by Gasteiger charge is -2.05. The van der Waals surface area contributed by atoms with Crippen molar-refractivity contribution in [3.05, 3.63) is 34.0 Å². The first-order chi connectivity index (χ1) is 11.3. The molecule has 1 amide bonds. The lowest BCUT2D eigenvalue weighted by atomic mass is 10.1. The number of nitrogens with zero attached hydrogens (tertiary/aromatic N) is 3. The van der Waals surface area contributed by atoms with E-state index in [1.54, 1.807) is 32.3 Å². The minimum Gasteiger partial charge on any atom is -0.450 e. The second kappa shape index (κ2) is 7.06. The minimum atomic E-state index is -1.13. The van der Waals surface area contributed by atoms with Crippen molar-refractivity contribution < 1.29 is 19.1 Å². The first-order valence-electron chi connectivity index (χ1n) is 6.84. The first kappa shape index (κ1) is 17.4. The van der Waals surface area contributed by atoms with Crippen LogP contribution in [0.5, 0.6) is 0 Å². The standard InChI is InChI=1S/C15H14N4O4S/c1-8-12(9(2)19(3)18-8)13(21)15(22)23-7-11(20)17-14-10(6-16)4-5-24-14/h4-5H,7H2,1-3H3,(H,17,20). The molecule has 1 N–H and O–H groups in total. The van der Waals surface area contributed by atoms with Crippen molar-refractivity contribution in [1.29, 1.82) is 5.26 Å². The summed E-state index contributed by atoms with van der Waals surface area (Å²) in [4.78, 5) is 35.7. The molecule has 0 aliphatic rings. The Morgan fingerprint density at radius 3 is 2.71 bits per heavy atom. The molecule has 0 saturated carbocycles. The molecule has 0 spiro atoms. The highest BCUT2D eigenvalue weighted by molar-refractivity contribution is 7.14. The van der Waals surface area contributed by atoms with Crippen molar-refractivity contribution >= 4 is 34.0 Å². The van der Waals surface area contributed by atoms with Gasteiger partial charge in [0.2, 0.25) is 0 Å². The van der Waals surface area contributed by atoms with Crippen LogP contribution < -0.4 is 5.32 Å². The molecule has 0 unspecified atom stereocenters. The monoisotopic (exact) mass is 346 g/mol. The van der Waals surface area contributed by atoms with Gasteiger partial charge in [0, 0.05) is 12.7 Å². The van der Waals surface area contributed by atoms with Gasteiger partial charge in [0.05, 0.1) is 16.8 Å². The molecule has 2 aromatic rings. The number of carbonyl (C=O) groups is 3. The van der Waals surface area contributed by atoms with Crippen LogP contribution in [0.2, 0.25) is 0 Å². The summed E-state index contributed by atoms with van der Waals surface area (Å²) >= 11 is 1.17. The summed E-state index contributed by atoms with van der Waals surface area (Å²) in [6.07, 6.45) is 0. The van der Waals surface area contributed by atoms with Gasteiger partial charge in [0.25, 0.3) is 11.7 Å². The van der Waals surface area contributed by atoms with Crippen molar-refractivity contribution in [2.45, 2.75) is 13.8 Å². The molecule has 0 radical (unpaired) electrons. The number of anilines is 1. The predicted octanol–water partition coefficient (Wildman–Crippen LogP) is 1.33. The van der Waals surface area contributed by atoms with Gasteiger partial charge < -0.3 is 10.1 Å². The van der Waals surface area contributed by atoms with E-state index in [-0.39, 0.29) is 5.56 Å². The molecule has 0 aliphatic carbocycles. The van der Waals surface area contributed by atoms with Crippen LogP contribution in [0, 0.1) is 25.2 Å². The maximum atomic E-state index is 12.1. The van der Waals surface area contributed by atoms with Crippen molar-refractivity contribution in [3.8, 4) is 6.07 Å². The van der Waals surface area contributed by atoms with Gasteiger partial charge >= 0.3 is 5.97 Å². The third kappa shape index (κ3) is 3.49. The smallest absolute Gasteiger partial charge is 0.380 e. The van der Waals surface area contributed by atoms with E-state index >= 15 is 0 Å². The van der Waals surface area contributed by atoms with E-state index in [0.717, 1.165) is 0 Å². The second-order valence-corrected chi connectivity index (χ2v) is 5.81. The Kier molecular flexibility index (Phi) is 5.11. The van der Waals surface area contributed by atoms with Gasteiger partial charge in [-0.1, -0.05) is 0 Å². The number of amides is 1. The summed E-state index contributed by atoms with van der Waals surface area (Å²) < 4.78 is 6.23. The Hall–Kier alpha value is -2.99. The molecule has 2 heterocycles. The lowest BCUT2D eigenvalue weighted by Crippen LogP contribution is -2.25. The highest BCUT2D eigenvalue weighted by Gasteiger charge is 2.25.